The molecule has 7 heteroatoms. The number of ether oxygens (including phenoxy) is 1. The van der Waals surface area contributed by atoms with Crippen LogP contribution in [0.3, 0.4) is 0 Å². The van der Waals surface area contributed by atoms with E-state index in [4.69, 9.17) is 4.74 Å². The molecule has 6 nitrogen and oxygen atoms in total. The Kier molecular flexibility index (Phi) is 4.56. The molecule has 2 fully saturated rings. The third-order valence-electron chi connectivity index (χ3n) is 5.50. The van der Waals surface area contributed by atoms with Crippen molar-refractivity contribution in [3.05, 3.63) is 29.3 Å². The first-order chi connectivity index (χ1) is 12.1. The average molecular weight is 364 g/mol. The summed E-state index contributed by atoms with van der Waals surface area (Å²) in [5, 5.41) is 0. The number of fused-ring (bicyclic) bond motifs is 1. The molecule has 1 aromatic carbocycles. The van der Waals surface area contributed by atoms with Gasteiger partial charge in [0.1, 0.15) is 0 Å². The Morgan fingerprint density at radius 3 is 2.68 bits per heavy atom. The Labute approximate surface area is 148 Å². The molecule has 0 bridgehead atoms. The van der Waals surface area contributed by atoms with Gasteiger partial charge in [0, 0.05) is 32.8 Å². The molecule has 1 amide bonds. The molecule has 4 rings (SSSR count). The van der Waals surface area contributed by atoms with Crippen molar-refractivity contribution in [3.63, 3.8) is 0 Å². The van der Waals surface area contributed by atoms with Crippen LogP contribution >= 0.6 is 0 Å². The summed E-state index contributed by atoms with van der Waals surface area (Å²) in [5.41, 5.74) is 1.85. The summed E-state index contributed by atoms with van der Waals surface area (Å²) in [6, 6.07) is 5.50. The van der Waals surface area contributed by atoms with Gasteiger partial charge in [-0.1, -0.05) is 12.1 Å². The SMILES string of the molecule is O=C([C@@H]1CCOC1)N1CCc2cccc(S(=O)(=O)N3CCCC3)c2C1. The molecule has 0 radical (unpaired) electrons. The van der Waals surface area contributed by atoms with Gasteiger partial charge in [-0.3, -0.25) is 4.79 Å². The van der Waals surface area contributed by atoms with Gasteiger partial charge in [0.25, 0.3) is 0 Å². The van der Waals surface area contributed by atoms with Crippen molar-refractivity contribution in [2.45, 2.75) is 37.1 Å². The quantitative estimate of drug-likeness (QED) is 0.813. The maximum atomic E-state index is 13.0. The molecular formula is C18H24N2O4S. The average Bonchev–Trinajstić information content (AvgIpc) is 3.33. The maximum absolute atomic E-state index is 13.0. The number of sulfonamides is 1. The largest absolute Gasteiger partial charge is 0.381 e. The second-order valence-electron chi connectivity index (χ2n) is 7.08. The lowest BCUT2D eigenvalue weighted by Gasteiger charge is -2.32. The van der Waals surface area contributed by atoms with Crippen molar-refractivity contribution in [2.24, 2.45) is 5.92 Å². The molecule has 0 aliphatic carbocycles. The monoisotopic (exact) mass is 364 g/mol. The molecule has 0 unspecified atom stereocenters. The summed E-state index contributed by atoms with van der Waals surface area (Å²) < 4.78 is 33.0. The summed E-state index contributed by atoms with van der Waals surface area (Å²) in [5.74, 6) is 0.0143. The van der Waals surface area contributed by atoms with Crippen molar-refractivity contribution in [2.75, 3.05) is 32.8 Å². The van der Waals surface area contributed by atoms with Gasteiger partial charge in [-0.2, -0.15) is 4.31 Å². The third kappa shape index (κ3) is 3.09. The van der Waals surface area contributed by atoms with E-state index in [1.807, 2.05) is 17.0 Å². The Morgan fingerprint density at radius 2 is 1.96 bits per heavy atom. The van der Waals surface area contributed by atoms with Crippen LogP contribution in [0.5, 0.6) is 0 Å². The van der Waals surface area contributed by atoms with Crippen molar-refractivity contribution in [1.82, 2.24) is 9.21 Å². The predicted molar refractivity (Wildman–Crippen MR) is 92.5 cm³/mol. The number of hydrogen-bond donors (Lipinski definition) is 0. The first-order valence-corrected chi connectivity index (χ1v) is 10.5. The Morgan fingerprint density at radius 1 is 1.16 bits per heavy atom. The van der Waals surface area contributed by atoms with E-state index < -0.39 is 10.0 Å². The summed E-state index contributed by atoms with van der Waals surface area (Å²) >= 11 is 0. The molecular weight excluding hydrogens is 340 g/mol. The highest BCUT2D eigenvalue weighted by Crippen LogP contribution is 2.30. The van der Waals surface area contributed by atoms with Gasteiger partial charge in [-0.15, -0.1) is 0 Å². The molecule has 25 heavy (non-hydrogen) atoms. The van der Waals surface area contributed by atoms with Gasteiger partial charge in [-0.05, 0) is 42.9 Å². The zero-order valence-corrected chi connectivity index (χ0v) is 15.1. The van der Waals surface area contributed by atoms with Crippen molar-refractivity contribution < 1.29 is 17.9 Å². The van der Waals surface area contributed by atoms with E-state index >= 15 is 0 Å². The van der Waals surface area contributed by atoms with Crippen LogP contribution in [0, 0.1) is 5.92 Å². The van der Waals surface area contributed by atoms with Gasteiger partial charge in [0.15, 0.2) is 0 Å². The van der Waals surface area contributed by atoms with Gasteiger partial charge in [-0.25, -0.2) is 8.42 Å². The molecule has 1 aromatic rings. The van der Waals surface area contributed by atoms with E-state index in [1.165, 1.54) is 0 Å². The minimum absolute atomic E-state index is 0.0797. The van der Waals surface area contributed by atoms with E-state index in [-0.39, 0.29) is 11.8 Å². The topological polar surface area (TPSA) is 66.9 Å². The first-order valence-electron chi connectivity index (χ1n) is 9.05. The Balaban J connectivity index is 1.63. The lowest BCUT2D eigenvalue weighted by Crippen LogP contribution is -2.41. The van der Waals surface area contributed by atoms with Crippen LogP contribution in [-0.4, -0.2) is 56.4 Å². The van der Waals surface area contributed by atoms with Crippen LogP contribution in [0.25, 0.3) is 0 Å². The van der Waals surface area contributed by atoms with Crippen LogP contribution in [-0.2, 0) is 32.5 Å². The van der Waals surface area contributed by atoms with E-state index in [9.17, 15) is 13.2 Å². The van der Waals surface area contributed by atoms with Crippen LogP contribution in [0.1, 0.15) is 30.4 Å². The number of amides is 1. The zero-order valence-electron chi connectivity index (χ0n) is 14.3. The minimum Gasteiger partial charge on any atom is -0.381 e. The van der Waals surface area contributed by atoms with Gasteiger partial charge >= 0.3 is 0 Å². The van der Waals surface area contributed by atoms with E-state index in [1.54, 1.807) is 10.4 Å². The highest BCUT2D eigenvalue weighted by atomic mass is 32.2. The number of carbonyl (C=O) groups is 1. The number of nitrogens with zero attached hydrogens (tertiary/aromatic N) is 2. The number of hydrogen-bond acceptors (Lipinski definition) is 4. The maximum Gasteiger partial charge on any atom is 0.243 e. The van der Waals surface area contributed by atoms with E-state index in [0.717, 1.165) is 30.4 Å². The zero-order chi connectivity index (χ0) is 17.4. The molecule has 2 saturated heterocycles. The minimum atomic E-state index is -3.48. The second-order valence-corrected chi connectivity index (χ2v) is 8.98. The molecule has 3 heterocycles. The standard InChI is InChI=1S/C18H24N2O4S/c21-18(15-7-11-24-13-15)19-10-6-14-4-3-5-17(16(14)12-19)25(22,23)20-8-1-2-9-20/h3-5,15H,1-2,6-13H2/t15-/m1/s1. The molecule has 0 saturated carbocycles. The van der Waals surface area contributed by atoms with Crippen molar-refractivity contribution in [1.29, 1.82) is 0 Å². The first kappa shape index (κ1) is 17.0. The fourth-order valence-corrected chi connectivity index (χ4v) is 5.81. The van der Waals surface area contributed by atoms with Crippen LogP contribution < -0.4 is 0 Å². The van der Waals surface area contributed by atoms with Gasteiger partial charge < -0.3 is 9.64 Å². The fourth-order valence-electron chi connectivity index (χ4n) is 4.03. The number of carbonyl (C=O) groups excluding carboxylic acids is 1. The molecule has 3 aliphatic heterocycles. The second kappa shape index (κ2) is 6.70. The van der Waals surface area contributed by atoms with E-state index in [2.05, 4.69) is 0 Å². The molecule has 0 spiro atoms. The smallest absolute Gasteiger partial charge is 0.243 e. The molecule has 136 valence electrons. The molecule has 0 aromatic heterocycles. The van der Waals surface area contributed by atoms with Crippen LogP contribution in [0.2, 0.25) is 0 Å². The molecule has 0 N–H and O–H groups in total. The Bertz CT molecular complexity index is 765. The van der Waals surface area contributed by atoms with E-state index in [0.29, 0.717) is 50.7 Å². The molecule has 3 aliphatic rings. The predicted octanol–water partition coefficient (Wildman–Crippen LogP) is 1.39. The highest BCUT2D eigenvalue weighted by molar-refractivity contribution is 7.89. The molecule has 1 atom stereocenters. The number of benzene rings is 1. The third-order valence-corrected chi connectivity index (χ3v) is 7.49. The van der Waals surface area contributed by atoms with Gasteiger partial charge in [0.05, 0.1) is 17.4 Å². The number of rotatable bonds is 3. The Hall–Kier alpha value is -1.44. The summed E-state index contributed by atoms with van der Waals surface area (Å²) in [6.45, 7) is 3.33. The summed E-state index contributed by atoms with van der Waals surface area (Å²) in [4.78, 5) is 14.9. The van der Waals surface area contributed by atoms with Crippen LogP contribution in [0.4, 0.5) is 0 Å². The van der Waals surface area contributed by atoms with Gasteiger partial charge in [0.2, 0.25) is 15.9 Å². The highest BCUT2D eigenvalue weighted by Gasteiger charge is 2.34. The fraction of sp³-hybridized carbons (Fsp3) is 0.611. The van der Waals surface area contributed by atoms with Crippen LogP contribution in [0.15, 0.2) is 23.1 Å². The van der Waals surface area contributed by atoms with Crippen molar-refractivity contribution in [3.8, 4) is 0 Å². The lowest BCUT2D eigenvalue weighted by atomic mass is 9.98. The lowest BCUT2D eigenvalue weighted by molar-refractivity contribution is -0.136. The summed E-state index contributed by atoms with van der Waals surface area (Å²) in [6.07, 6.45) is 3.30. The summed E-state index contributed by atoms with van der Waals surface area (Å²) in [7, 11) is -3.48. The normalized spacial score (nSPS) is 24.5. The van der Waals surface area contributed by atoms with Crippen molar-refractivity contribution >= 4 is 15.9 Å².